The van der Waals surface area contributed by atoms with Gasteiger partial charge in [-0.2, -0.15) is 0 Å². The van der Waals surface area contributed by atoms with Crippen LogP contribution in [0.4, 0.5) is 4.39 Å². The van der Waals surface area contributed by atoms with E-state index >= 15 is 0 Å². The van der Waals surface area contributed by atoms with Crippen molar-refractivity contribution < 1.29 is 13.9 Å². The Bertz CT molecular complexity index is 464. The van der Waals surface area contributed by atoms with Crippen LogP contribution in [-0.4, -0.2) is 11.9 Å². The molecule has 1 saturated carbocycles. The summed E-state index contributed by atoms with van der Waals surface area (Å²) < 4.78 is 19.6. The Morgan fingerprint density at radius 2 is 2.06 bits per heavy atom. The molecule has 0 bridgehead atoms. The second-order valence-corrected chi connectivity index (χ2v) is 4.98. The van der Waals surface area contributed by atoms with Crippen molar-refractivity contribution in [2.45, 2.75) is 46.1 Å². The van der Waals surface area contributed by atoms with Crippen molar-refractivity contribution in [2.75, 3.05) is 0 Å². The molecule has 0 aromatic heterocycles. The molecule has 0 saturated heterocycles. The highest BCUT2D eigenvalue weighted by Gasteiger charge is 2.54. The number of Topliss-reactive ketones (excluding diaryl/α,β-unsaturated/α-hetero) is 1. The monoisotopic (exact) mass is 250 g/mol. The molecule has 1 aliphatic rings. The molecule has 0 N–H and O–H groups in total. The van der Waals surface area contributed by atoms with E-state index in [2.05, 4.69) is 0 Å². The zero-order valence-corrected chi connectivity index (χ0v) is 11.1. The summed E-state index contributed by atoms with van der Waals surface area (Å²) in [5.41, 5.74) is 0.160. The van der Waals surface area contributed by atoms with E-state index in [9.17, 15) is 9.18 Å². The lowest BCUT2D eigenvalue weighted by molar-refractivity contribution is -0.153. The average molecular weight is 250 g/mol. The van der Waals surface area contributed by atoms with Crippen molar-refractivity contribution in [3.63, 3.8) is 0 Å². The van der Waals surface area contributed by atoms with Crippen LogP contribution in [0.5, 0.6) is 5.75 Å². The first-order valence-corrected chi connectivity index (χ1v) is 6.50. The minimum atomic E-state index is -0.407. The molecule has 1 fully saturated rings. The lowest BCUT2D eigenvalue weighted by Crippen LogP contribution is -2.56. The molecule has 1 atom stereocenters. The Labute approximate surface area is 107 Å². The normalized spacial score (nSPS) is 21.6. The van der Waals surface area contributed by atoms with Gasteiger partial charge in [-0.15, -0.1) is 0 Å². The molecule has 0 amide bonds. The maximum Gasteiger partial charge on any atom is 0.167 e. The molecule has 18 heavy (non-hydrogen) atoms. The maximum absolute atomic E-state index is 13.9. The van der Waals surface area contributed by atoms with E-state index in [1.807, 2.05) is 13.8 Å². The van der Waals surface area contributed by atoms with E-state index in [0.717, 1.165) is 12.8 Å². The molecule has 2 rings (SSSR count). The molecule has 1 aromatic carbocycles. The Balaban J connectivity index is 2.20. The van der Waals surface area contributed by atoms with Gasteiger partial charge in [-0.1, -0.05) is 26.0 Å². The number of rotatable bonds is 4. The van der Waals surface area contributed by atoms with Crippen molar-refractivity contribution in [3.05, 3.63) is 29.6 Å². The molecule has 2 nitrogen and oxygen atoms in total. The van der Waals surface area contributed by atoms with Gasteiger partial charge in [0.15, 0.2) is 11.6 Å². The Kier molecular flexibility index (Phi) is 3.42. The molecule has 1 aliphatic carbocycles. The van der Waals surface area contributed by atoms with Crippen LogP contribution in [-0.2, 0) is 4.79 Å². The van der Waals surface area contributed by atoms with E-state index in [1.165, 1.54) is 0 Å². The second-order valence-electron chi connectivity index (χ2n) is 4.98. The standard InChI is InChI=1S/C15H19FO2/c1-4-15(5-2)12(17)9-13(15)18-11-8-6-7-10(3)14(11)16/h6-8,13H,4-5,9H2,1-3H3. The SMILES string of the molecule is CCC1(CC)C(=O)CC1Oc1cccc(C)c1F. The summed E-state index contributed by atoms with van der Waals surface area (Å²) >= 11 is 0. The third-order valence-electron chi connectivity index (χ3n) is 4.23. The number of carbonyl (C=O) groups is 1. The van der Waals surface area contributed by atoms with Gasteiger partial charge in [-0.25, -0.2) is 4.39 Å². The highest BCUT2D eigenvalue weighted by atomic mass is 19.1. The first-order valence-electron chi connectivity index (χ1n) is 6.50. The lowest BCUT2D eigenvalue weighted by atomic mass is 9.61. The smallest absolute Gasteiger partial charge is 0.167 e. The molecule has 1 aromatic rings. The van der Waals surface area contributed by atoms with Gasteiger partial charge >= 0.3 is 0 Å². The fraction of sp³-hybridized carbons (Fsp3) is 0.533. The van der Waals surface area contributed by atoms with Crippen molar-refractivity contribution >= 4 is 5.78 Å². The summed E-state index contributed by atoms with van der Waals surface area (Å²) in [6.07, 6.45) is 1.71. The van der Waals surface area contributed by atoms with Gasteiger partial charge in [0, 0.05) is 6.42 Å². The molecule has 0 heterocycles. The number of halogens is 1. The summed E-state index contributed by atoms with van der Waals surface area (Å²) in [5.74, 6) is 0.183. The first-order chi connectivity index (χ1) is 8.55. The summed E-state index contributed by atoms with van der Waals surface area (Å²) in [7, 11) is 0. The van der Waals surface area contributed by atoms with Crippen molar-refractivity contribution in [1.29, 1.82) is 0 Å². The minimum absolute atomic E-state index is 0.184. The number of carbonyl (C=O) groups excluding carboxylic acids is 1. The van der Waals surface area contributed by atoms with Crippen molar-refractivity contribution in [2.24, 2.45) is 5.41 Å². The van der Waals surface area contributed by atoms with E-state index in [4.69, 9.17) is 4.74 Å². The second kappa shape index (κ2) is 4.71. The number of hydrogen-bond donors (Lipinski definition) is 0. The quantitative estimate of drug-likeness (QED) is 0.815. The molecule has 0 spiro atoms. The number of benzene rings is 1. The Morgan fingerprint density at radius 1 is 1.39 bits per heavy atom. The van der Waals surface area contributed by atoms with Gasteiger partial charge in [0.25, 0.3) is 0 Å². The van der Waals surface area contributed by atoms with Crippen LogP contribution in [0.15, 0.2) is 18.2 Å². The zero-order valence-electron chi connectivity index (χ0n) is 11.1. The van der Waals surface area contributed by atoms with Gasteiger partial charge in [-0.3, -0.25) is 4.79 Å². The van der Waals surface area contributed by atoms with E-state index in [0.29, 0.717) is 12.0 Å². The Hall–Kier alpha value is -1.38. The van der Waals surface area contributed by atoms with Crippen LogP contribution in [0.3, 0.4) is 0 Å². The van der Waals surface area contributed by atoms with Crippen LogP contribution in [0.25, 0.3) is 0 Å². The van der Waals surface area contributed by atoms with E-state index < -0.39 is 5.41 Å². The molecule has 3 heteroatoms. The molecule has 0 radical (unpaired) electrons. The highest BCUT2D eigenvalue weighted by molar-refractivity contribution is 5.92. The van der Waals surface area contributed by atoms with Crippen molar-refractivity contribution in [1.82, 2.24) is 0 Å². The van der Waals surface area contributed by atoms with Crippen LogP contribution in [0, 0.1) is 18.2 Å². The van der Waals surface area contributed by atoms with Gasteiger partial charge < -0.3 is 4.74 Å². The zero-order chi connectivity index (χ0) is 13.3. The van der Waals surface area contributed by atoms with Crippen LogP contribution >= 0.6 is 0 Å². The van der Waals surface area contributed by atoms with Crippen LogP contribution < -0.4 is 4.74 Å². The highest BCUT2D eigenvalue weighted by Crippen LogP contribution is 2.46. The predicted octanol–water partition coefficient (Wildman–Crippen LogP) is 3.66. The lowest BCUT2D eigenvalue weighted by Gasteiger charge is -2.46. The maximum atomic E-state index is 13.9. The minimum Gasteiger partial charge on any atom is -0.486 e. The molecular formula is C15H19FO2. The topological polar surface area (TPSA) is 26.3 Å². The summed E-state index contributed by atoms with van der Waals surface area (Å²) in [4.78, 5) is 11.8. The number of ketones is 1. The van der Waals surface area contributed by atoms with Gasteiger partial charge in [0.1, 0.15) is 11.9 Å². The van der Waals surface area contributed by atoms with Gasteiger partial charge in [0.05, 0.1) is 5.41 Å². The third-order valence-corrected chi connectivity index (χ3v) is 4.23. The fourth-order valence-electron chi connectivity index (χ4n) is 2.73. The third kappa shape index (κ3) is 1.82. The molecular weight excluding hydrogens is 231 g/mol. The molecule has 0 aliphatic heterocycles. The summed E-state index contributed by atoms with van der Waals surface area (Å²) in [5, 5.41) is 0. The number of hydrogen-bond acceptors (Lipinski definition) is 2. The molecule has 1 unspecified atom stereocenters. The average Bonchev–Trinajstić information content (AvgIpc) is 2.36. The van der Waals surface area contributed by atoms with Gasteiger partial charge in [0.2, 0.25) is 0 Å². The van der Waals surface area contributed by atoms with E-state index in [1.54, 1.807) is 25.1 Å². The molecule has 98 valence electrons. The summed E-state index contributed by atoms with van der Waals surface area (Å²) in [6.45, 7) is 5.69. The van der Waals surface area contributed by atoms with Crippen LogP contribution in [0.1, 0.15) is 38.7 Å². The fourth-order valence-corrected chi connectivity index (χ4v) is 2.73. The first kappa shape index (κ1) is 13.1. The Morgan fingerprint density at radius 3 is 2.61 bits per heavy atom. The van der Waals surface area contributed by atoms with E-state index in [-0.39, 0.29) is 23.5 Å². The largest absolute Gasteiger partial charge is 0.486 e. The number of ether oxygens (including phenoxy) is 1. The van der Waals surface area contributed by atoms with Crippen LogP contribution in [0.2, 0.25) is 0 Å². The summed E-state index contributed by atoms with van der Waals surface area (Å²) in [6, 6.07) is 5.11. The van der Waals surface area contributed by atoms with Crippen molar-refractivity contribution in [3.8, 4) is 5.75 Å². The predicted molar refractivity (Wildman–Crippen MR) is 68.2 cm³/mol. The van der Waals surface area contributed by atoms with Gasteiger partial charge in [-0.05, 0) is 31.4 Å². The number of aryl methyl sites for hydroxylation is 1.